The first-order valence-electron chi connectivity index (χ1n) is 8.22. The van der Waals surface area contributed by atoms with E-state index >= 15 is 0 Å². The van der Waals surface area contributed by atoms with E-state index in [1.54, 1.807) is 36.9 Å². The predicted octanol–water partition coefficient (Wildman–Crippen LogP) is 2.92. The van der Waals surface area contributed by atoms with Crippen molar-refractivity contribution in [1.82, 2.24) is 9.38 Å². The molecule has 2 heterocycles. The molecule has 1 aromatic carbocycles. The van der Waals surface area contributed by atoms with Crippen LogP contribution in [0.15, 0.2) is 46.7 Å². The number of esters is 1. The summed E-state index contributed by atoms with van der Waals surface area (Å²) in [5.41, 5.74) is 0.972. The van der Waals surface area contributed by atoms with E-state index in [1.165, 1.54) is 27.9 Å². The van der Waals surface area contributed by atoms with E-state index in [0.717, 1.165) is 5.56 Å². The third-order valence-corrected chi connectivity index (χ3v) is 4.37. The van der Waals surface area contributed by atoms with Gasteiger partial charge in [0.1, 0.15) is 6.61 Å². The first-order chi connectivity index (χ1) is 13.1. The second kappa shape index (κ2) is 8.50. The first-order valence-corrected chi connectivity index (χ1v) is 9.10. The molecule has 0 aliphatic rings. The number of thiazole rings is 1. The molecule has 3 rings (SSSR count). The number of methoxy groups -OCH3 is 1. The summed E-state index contributed by atoms with van der Waals surface area (Å²) in [6, 6.07) is 6.71. The van der Waals surface area contributed by atoms with Crippen LogP contribution in [-0.4, -0.2) is 29.1 Å². The van der Waals surface area contributed by atoms with Gasteiger partial charge in [-0.2, -0.15) is 0 Å². The van der Waals surface area contributed by atoms with Crippen molar-refractivity contribution < 1.29 is 19.0 Å². The fraction of sp³-hybridized carbons (Fsp3) is 0.211. The molecule has 0 amide bonds. The van der Waals surface area contributed by atoms with Crippen LogP contribution in [0.1, 0.15) is 18.2 Å². The second-order valence-corrected chi connectivity index (χ2v) is 6.30. The van der Waals surface area contributed by atoms with Crippen LogP contribution in [0.3, 0.4) is 0 Å². The summed E-state index contributed by atoms with van der Waals surface area (Å²) >= 11 is 1.34. The second-order valence-electron chi connectivity index (χ2n) is 5.43. The van der Waals surface area contributed by atoms with Gasteiger partial charge in [0.05, 0.1) is 19.4 Å². The third-order valence-electron chi connectivity index (χ3n) is 3.62. The minimum atomic E-state index is -0.531. The number of carbonyl (C=O) groups excluding carboxylic acids is 1. The highest BCUT2D eigenvalue weighted by atomic mass is 32.1. The van der Waals surface area contributed by atoms with Crippen molar-refractivity contribution in [1.29, 1.82) is 0 Å². The van der Waals surface area contributed by atoms with Crippen LogP contribution in [0.2, 0.25) is 0 Å². The van der Waals surface area contributed by atoms with E-state index in [-0.39, 0.29) is 12.2 Å². The molecule has 0 saturated heterocycles. The van der Waals surface area contributed by atoms with E-state index in [1.807, 2.05) is 13.0 Å². The number of benzene rings is 1. The molecule has 27 heavy (non-hydrogen) atoms. The average Bonchev–Trinajstić information content (AvgIpc) is 3.15. The number of carbonyl (C=O) groups is 1. The van der Waals surface area contributed by atoms with Crippen LogP contribution in [0.5, 0.6) is 11.5 Å². The summed E-state index contributed by atoms with van der Waals surface area (Å²) in [5.74, 6) is 0.693. The molecule has 0 fully saturated rings. The summed E-state index contributed by atoms with van der Waals surface area (Å²) < 4.78 is 17.3. The number of fused-ring (bicyclic) bond motifs is 1. The van der Waals surface area contributed by atoms with Crippen LogP contribution in [0.4, 0.5) is 0 Å². The van der Waals surface area contributed by atoms with Crippen molar-refractivity contribution in [2.24, 2.45) is 0 Å². The third kappa shape index (κ3) is 4.53. The number of aromatic nitrogens is 2. The predicted molar refractivity (Wildman–Crippen MR) is 102 cm³/mol. The SMILES string of the molecule is CCOc1ccc(/C=C/C(=O)OCc2cc(=O)n3ccsc3n2)cc1OC. The Balaban J connectivity index is 1.63. The Hall–Kier alpha value is -3.13. The molecule has 0 radical (unpaired) electrons. The molecule has 0 atom stereocenters. The Morgan fingerprint density at radius 1 is 1.30 bits per heavy atom. The monoisotopic (exact) mass is 386 g/mol. The van der Waals surface area contributed by atoms with Crippen molar-refractivity contribution in [2.45, 2.75) is 13.5 Å². The van der Waals surface area contributed by atoms with Crippen molar-refractivity contribution in [3.8, 4) is 11.5 Å². The van der Waals surface area contributed by atoms with Gasteiger partial charge < -0.3 is 14.2 Å². The van der Waals surface area contributed by atoms with E-state index in [4.69, 9.17) is 14.2 Å². The molecule has 0 unspecified atom stereocenters. The molecule has 2 aromatic heterocycles. The number of rotatable bonds is 7. The van der Waals surface area contributed by atoms with Gasteiger partial charge in [0.2, 0.25) is 0 Å². The van der Waals surface area contributed by atoms with Crippen molar-refractivity contribution in [3.05, 3.63) is 63.5 Å². The maximum absolute atomic E-state index is 11.9. The number of hydrogen-bond donors (Lipinski definition) is 0. The lowest BCUT2D eigenvalue weighted by atomic mass is 10.2. The Bertz CT molecular complexity index is 1040. The molecule has 7 nitrogen and oxygen atoms in total. The number of ether oxygens (including phenoxy) is 3. The van der Waals surface area contributed by atoms with E-state index in [2.05, 4.69) is 4.98 Å². The Morgan fingerprint density at radius 2 is 2.15 bits per heavy atom. The molecule has 8 heteroatoms. The molecular weight excluding hydrogens is 368 g/mol. The van der Waals surface area contributed by atoms with Crippen LogP contribution in [-0.2, 0) is 16.1 Å². The normalized spacial score (nSPS) is 11.0. The van der Waals surface area contributed by atoms with Crippen LogP contribution in [0.25, 0.3) is 11.0 Å². The zero-order valence-electron chi connectivity index (χ0n) is 14.9. The lowest BCUT2D eigenvalue weighted by molar-refractivity contribution is -0.139. The molecule has 0 aliphatic heterocycles. The Labute approximate surface area is 159 Å². The largest absolute Gasteiger partial charge is 0.493 e. The van der Waals surface area contributed by atoms with Crippen LogP contribution < -0.4 is 15.0 Å². The van der Waals surface area contributed by atoms with Crippen molar-refractivity contribution in [2.75, 3.05) is 13.7 Å². The topological polar surface area (TPSA) is 79.1 Å². The van der Waals surface area contributed by atoms with Gasteiger partial charge in [-0.15, -0.1) is 11.3 Å². The minimum absolute atomic E-state index is 0.0700. The lowest BCUT2D eigenvalue weighted by Gasteiger charge is -2.09. The highest BCUT2D eigenvalue weighted by molar-refractivity contribution is 7.15. The molecule has 3 aromatic rings. The zero-order valence-corrected chi connectivity index (χ0v) is 15.7. The quantitative estimate of drug-likeness (QED) is 0.459. The zero-order chi connectivity index (χ0) is 19.2. The average molecular weight is 386 g/mol. The summed E-state index contributed by atoms with van der Waals surface area (Å²) in [6.45, 7) is 2.36. The molecular formula is C19H18N2O5S. The maximum Gasteiger partial charge on any atom is 0.331 e. The van der Waals surface area contributed by atoms with Crippen LogP contribution in [0, 0.1) is 0 Å². The van der Waals surface area contributed by atoms with Gasteiger partial charge >= 0.3 is 5.97 Å². The maximum atomic E-state index is 11.9. The summed E-state index contributed by atoms with van der Waals surface area (Å²) in [5, 5.41) is 1.77. The smallest absolute Gasteiger partial charge is 0.331 e. The van der Waals surface area contributed by atoms with Crippen molar-refractivity contribution >= 4 is 28.3 Å². The van der Waals surface area contributed by atoms with Gasteiger partial charge in [-0.25, -0.2) is 9.78 Å². The van der Waals surface area contributed by atoms with Gasteiger partial charge in [-0.05, 0) is 30.7 Å². The van der Waals surface area contributed by atoms with Crippen molar-refractivity contribution in [3.63, 3.8) is 0 Å². The number of nitrogens with zero attached hydrogens (tertiary/aromatic N) is 2. The van der Waals surface area contributed by atoms with Gasteiger partial charge in [-0.1, -0.05) is 6.07 Å². The van der Waals surface area contributed by atoms with E-state index < -0.39 is 5.97 Å². The summed E-state index contributed by atoms with van der Waals surface area (Å²) in [7, 11) is 1.56. The van der Waals surface area contributed by atoms with Gasteiger partial charge in [0, 0.05) is 23.7 Å². The summed E-state index contributed by atoms with van der Waals surface area (Å²) in [6.07, 6.45) is 4.58. The molecule has 0 N–H and O–H groups in total. The minimum Gasteiger partial charge on any atom is -0.493 e. The standard InChI is InChI=1S/C19H18N2O5S/c1-3-25-15-6-4-13(10-16(15)24-2)5-7-18(23)26-12-14-11-17(22)21-8-9-27-19(21)20-14/h4-11H,3,12H2,1-2H3/b7-5+. The van der Waals surface area contributed by atoms with Gasteiger partial charge in [0.15, 0.2) is 16.5 Å². The lowest BCUT2D eigenvalue weighted by Crippen LogP contribution is -2.14. The van der Waals surface area contributed by atoms with E-state index in [9.17, 15) is 9.59 Å². The Morgan fingerprint density at radius 3 is 2.93 bits per heavy atom. The molecule has 0 saturated carbocycles. The number of hydrogen-bond acceptors (Lipinski definition) is 7. The van der Waals surface area contributed by atoms with E-state index in [0.29, 0.717) is 28.8 Å². The molecule has 140 valence electrons. The highest BCUT2D eigenvalue weighted by Gasteiger charge is 2.07. The summed E-state index contributed by atoms with van der Waals surface area (Å²) in [4.78, 5) is 28.7. The van der Waals surface area contributed by atoms with Gasteiger partial charge in [-0.3, -0.25) is 9.20 Å². The van der Waals surface area contributed by atoms with Crippen LogP contribution >= 0.6 is 11.3 Å². The fourth-order valence-corrected chi connectivity index (χ4v) is 3.12. The van der Waals surface area contributed by atoms with Gasteiger partial charge in [0.25, 0.3) is 5.56 Å². The molecule has 0 aliphatic carbocycles. The first kappa shape index (κ1) is 18.7. The Kier molecular flexibility index (Phi) is 5.87. The fourth-order valence-electron chi connectivity index (χ4n) is 2.38. The molecule has 0 spiro atoms. The molecule has 0 bridgehead atoms. The highest BCUT2D eigenvalue weighted by Crippen LogP contribution is 2.28.